The molecule has 1 N–H and O–H groups in total. The SMILES string of the molecule is CC(C)(CCCC[C+]1N=CC=N1)C(=O)O. The molecule has 1 rings (SSSR count). The van der Waals surface area contributed by atoms with Crippen molar-refractivity contribution in [1.82, 2.24) is 0 Å². The van der Waals surface area contributed by atoms with Gasteiger partial charge in [-0.05, 0) is 26.7 Å². The number of carbonyl (C=O) groups is 1. The van der Waals surface area contributed by atoms with Crippen LogP contribution in [0.4, 0.5) is 0 Å². The first-order chi connectivity index (χ1) is 7.02. The lowest BCUT2D eigenvalue weighted by atomic mass is 9.87. The molecule has 0 radical (unpaired) electrons. The highest BCUT2D eigenvalue weighted by molar-refractivity contribution is 6.18. The Kier molecular flexibility index (Phi) is 3.88. The van der Waals surface area contributed by atoms with Crippen LogP contribution >= 0.6 is 0 Å². The molecule has 0 saturated carbocycles. The van der Waals surface area contributed by atoms with Crippen molar-refractivity contribution in [1.29, 1.82) is 0 Å². The highest BCUT2D eigenvalue weighted by Gasteiger charge is 2.26. The fourth-order valence-corrected chi connectivity index (χ4v) is 1.36. The molecule has 0 aromatic carbocycles. The highest BCUT2D eigenvalue weighted by atomic mass is 16.4. The molecule has 1 aliphatic rings. The maximum atomic E-state index is 10.8. The lowest BCUT2D eigenvalue weighted by Crippen LogP contribution is -2.23. The van der Waals surface area contributed by atoms with E-state index in [-0.39, 0.29) is 0 Å². The topological polar surface area (TPSA) is 62.0 Å². The average molecular weight is 209 g/mol. The fourth-order valence-electron chi connectivity index (χ4n) is 1.36. The molecule has 4 nitrogen and oxygen atoms in total. The third kappa shape index (κ3) is 3.73. The molecule has 4 heteroatoms. The van der Waals surface area contributed by atoms with Crippen LogP contribution in [-0.4, -0.2) is 23.5 Å². The number of aliphatic imine (C=N–C) groups is 2. The summed E-state index contributed by atoms with van der Waals surface area (Å²) >= 11 is 0. The fraction of sp³-hybridized carbons (Fsp3) is 0.636. The Balaban J connectivity index is 2.13. The highest BCUT2D eigenvalue weighted by Crippen LogP contribution is 2.25. The largest absolute Gasteiger partial charge is 0.481 e. The Morgan fingerprint density at radius 2 is 1.93 bits per heavy atom. The second-order valence-electron chi connectivity index (χ2n) is 4.37. The normalized spacial score (nSPS) is 14.9. The Hall–Kier alpha value is -1.32. The molecule has 0 saturated heterocycles. The predicted octanol–water partition coefficient (Wildman–Crippen LogP) is 2.30. The number of unbranched alkanes of at least 4 members (excludes halogenated alkanes) is 1. The molecule has 82 valence electrons. The molecule has 0 aromatic rings. The molecule has 0 amide bonds. The molecule has 0 spiro atoms. The van der Waals surface area contributed by atoms with E-state index < -0.39 is 11.4 Å². The van der Waals surface area contributed by atoms with Gasteiger partial charge in [0, 0.05) is 0 Å². The summed E-state index contributed by atoms with van der Waals surface area (Å²) in [5.74, 6) is -0.730. The van der Waals surface area contributed by atoms with Gasteiger partial charge in [-0.15, -0.1) is 0 Å². The zero-order valence-corrected chi connectivity index (χ0v) is 9.23. The van der Waals surface area contributed by atoms with E-state index in [0.29, 0.717) is 6.42 Å². The van der Waals surface area contributed by atoms with Crippen LogP contribution in [0.2, 0.25) is 0 Å². The van der Waals surface area contributed by atoms with Gasteiger partial charge in [-0.1, -0.05) is 16.4 Å². The summed E-state index contributed by atoms with van der Waals surface area (Å²) in [5, 5.41) is 8.90. The Bertz CT molecular complexity index is 270. The van der Waals surface area contributed by atoms with Crippen molar-refractivity contribution in [2.75, 3.05) is 0 Å². The summed E-state index contributed by atoms with van der Waals surface area (Å²) in [6.45, 7) is 3.52. The van der Waals surface area contributed by atoms with Crippen LogP contribution in [0.25, 0.3) is 0 Å². The molecule has 1 aliphatic heterocycles. The van der Waals surface area contributed by atoms with Crippen molar-refractivity contribution in [3.05, 3.63) is 6.17 Å². The molecule has 0 aromatic heterocycles. The zero-order chi connectivity index (χ0) is 11.3. The third-order valence-electron chi connectivity index (χ3n) is 2.54. The van der Waals surface area contributed by atoms with Gasteiger partial charge in [-0.3, -0.25) is 4.79 Å². The standard InChI is InChI=1S/C11H16N2O2/c1-11(2,10(14)15)6-4-3-5-9-12-7-8-13-9/h7-8H,3-6H2,1-2H3/p+1. The van der Waals surface area contributed by atoms with Gasteiger partial charge in [0.15, 0.2) is 12.4 Å². The van der Waals surface area contributed by atoms with Crippen LogP contribution in [0.5, 0.6) is 0 Å². The molecule has 0 aliphatic carbocycles. The van der Waals surface area contributed by atoms with E-state index in [2.05, 4.69) is 9.98 Å². The number of hydrogen-bond acceptors (Lipinski definition) is 3. The van der Waals surface area contributed by atoms with Crippen LogP contribution in [0.1, 0.15) is 39.5 Å². The van der Waals surface area contributed by atoms with Gasteiger partial charge in [-0.25, -0.2) is 0 Å². The van der Waals surface area contributed by atoms with Gasteiger partial charge < -0.3 is 5.11 Å². The second kappa shape index (κ2) is 4.96. The minimum absolute atomic E-state index is 0.618. The van der Waals surface area contributed by atoms with Gasteiger partial charge in [0.05, 0.1) is 11.8 Å². The molecule has 0 atom stereocenters. The van der Waals surface area contributed by atoms with Gasteiger partial charge in [-0.2, -0.15) is 0 Å². The summed E-state index contributed by atoms with van der Waals surface area (Å²) in [6.07, 6.45) is 7.58. The Morgan fingerprint density at radius 3 is 2.47 bits per heavy atom. The number of hydrogen-bond donors (Lipinski definition) is 1. The van der Waals surface area contributed by atoms with Crippen molar-refractivity contribution in [2.24, 2.45) is 15.4 Å². The predicted molar refractivity (Wildman–Crippen MR) is 60.1 cm³/mol. The smallest absolute Gasteiger partial charge is 0.309 e. The second-order valence-corrected chi connectivity index (χ2v) is 4.37. The maximum Gasteiger partial charge on any atom is 0.309 e. The number of aliphatic carboxylic acids is 1. The van der Waals surface area contributed by atoms with Crippen molar-refractivity contribution in [3.63, 3.8) is 0 Å². The van der Waals surface area contributed by atoms with Crippen LogP contribution < -0.4 is 0 Å². The average Bonchev–Trinajstić information content (AvgIpc) is 2.64. The molecule has 0 fully saturated rings. The molecule has 15 heavy (non-hydrogen) atoms. The van der Waals surface area contributed by atoms with Gasteiger partial charge >= 0.3 is 5.97 Å². The maximum absolute atomic E-state index is 10.8. The number of rotatable bonds is 6. The molecular formula is C11H17N2O2+. The number of carboxylic acid groups (broad SMARTS) is 1. The third-order valence-corrected chi connectivity index (χ3v) is 2.54. The molecular weight excluding hydrogens is 192 g/mol. The van der Waals surface area contributed by atoms with E-state index in [9.17, 15) is 4.79 Å². The van der Waals surface area contributed by atoms with E-state index in [4.69, 9.17) is 5.11 Å². The van der Waals surface area contributed by atoms with Crippen LogP contribution in [0.3, 0.4) is 0 Å². The zero-order valence-electron chi connectivity index (χ0n) is 9.23. The lowest BCUT2D eigenvalue weighted by Gasteiger charge is -2.18. The van der Waals surface area contributed by atoms with Gasteiger partial charge in [0.25, 0.3) is 0 Å². The van der Waals surface area contributed by atoms with Crippen LogP contribution in [0.15, 0.2) is 9.98 Å². The molecule has 0 unspecified atom stereocenters. The van der Waals surface area contributed by atoms with E-state index in [1.54, 1.807) is 26.3 Å². The van der Waals surface area contributed by atoms with Crippen molar-refractivity contribution in [3.8, 4) is 0 Å². The quantitative estimate of drug-likeness (QED) is 0.539. The number of nitrogens with zero attached hydrogens (tertiary/aromatic N) is 2. The van der Waals surface area contributed by atoms with Crippen LogP contribution in [-0.2, 0) is 4.79 Å². The minimum Gasteiger partial charge on any atom is -0.481 e. The summed E-state index contributed by atoms with van der Waals surface area (Å²) in [6, 6.07) is 0. The summed E-state index contributed by atoms with van der Waals surface area (Å²) in [4.78, 5) is 18.9. The van der Waals surface area contributed by atoms with Crippen molar-refractivity contribution in [2.45, 2.75) is 39.5 Å². The first-order valence-electron chi connectivity index (χ1n) is 5.18. The van der Waals surface area contributed by atoms with E-state index in [1.807, 2.05) is 0 Å². The Morgan fingerprint density at radius 1 is 1.33 bits per heavy atom. The van der Waals surface area contributed by atoms with Gasteiger partial charge in [0.1, 0.15) is 0 Å². The lowest BCUT2D eigenvalue weighted by molar-refractivity contribution is -0.147. The summed E-state index contributed by atoms with van der Waals surface area (Å²) in [7, 11) is 0. The summed E-state index contributed by atoms with van der Waals surface area (Å²) < 4.78 is 0. The first-order valence-corrected chi connectivity index (χ1v) is 5.18. The van der Waals surface area contributed by atoms with E-state index in [0.717, 1.165) is 25.4 Å². The monoisotopic (exact) mass is 209 g/mol. The molecule has 1 heterocycles. The Labute approximate surface area is 90.1 Å². The summed E-state index contributed by atoms with van der Waals surface area (Å²) in [5.41, 5.74) is -0.618. The first kappa shape index (κ1) is 11.8. The number of carboxylic acids is 1. The van der Waals surface area contributed by atoms with Gasteiger partial charge in [0.2, 0.25) is 6.17 Å². The minimum atomic E-state index is -0.730. The van der Waals surface area contributed by atoms with E-state index >= 15 is 0 Å². The molecule has 0 bridgehead atoms. The van der Waals surface area contributed by atoms with E-state index in [1.165, 1.54) is 0 Å². The van der Waals surface area contributed by atoms with Crippen molar-refractivity contribution < 1.29 is 9.90 Å². The van der Waals surface area contributed by atoms with Crippen molar-refractivity contribution >= 4 is 18.4 Å². The van der Waals surface area contributed by atoms with Crippen LogP contribution in [0, 0.1) is 11.6 Å².